The van der Waals surface area contributed by atoms with Gasteiger partial charge in [-0.25, -0.2) is 9.37 Å². The number of aliphatic hydroxyl groups excluding tert-OH is 1. The van der Waals surface area contributed by atoms with Crippen LogP contribution in [0.4, 0.5) is 4.39 Å². The van der Waals surface area contributed by atoms with Crippen LogP contribution in [0.15, 0.2) is 30.7 Å². The smallest absolute Gasteiger partial charge is 0.130 e. The van der Waals surface area contributed by atoms with Gasteiger partial charge in [0.05, 0.1) is 24.3 Å². The van der Waals surface area contributed by atoms with Gasteiger partial charge in [0.25, 0.3) is 0 Å². The summed E-state index contributed by atoms with van der Waals surface area (Å²) in [6.07, 6.45) is 2.76. The molecule has 1 atom stereocenters. The highest BCUT2D eigenvalue weighted by Gasteiger charge is 2.12. The third-order valence-corrected chi connectivity index (χ3v) is 3.10. The molecule has 0 aliphatic rings. The number of hydrogen-bond donors (Lipinski definition) is 1. The molecule has 0 saturated heterocycles. The summed E-state index contributed by atoms with van der Waals surface area (Å²) in [4.78, 5) is 4.09. The lowest BCUT2D eigenvalue weighted by Crippen LogP contribution is -2.08. The maximum atomic E-state index is 13.3. The van der Waals surface area contributed by atoms with E-state index in [0.29, 0.717) is 11.3 Å². The van der Waals surface area contributed by atoms with Crippen LogP contribution in [0.3, 0.4) is 0 Å². The lowest BCUT2D eigenvalue weighted by atomic mass is 10.1. The fourth-order valence-electron chi connectivity index (χ4n) is 2.04. The van der Waals surface area contributed by atoms with Crippen LogP contribution in [0.25, 0.3) is 0 Å². The number of nitrogens with zero attached hydrogens (tertiary/aromatic N) is 2. The van der Waals surface area contributed by atoms with Crippen LogP contribution in [0, 0.1) is 5.82 Å². The van der Waals surface area contributed by atoms with Crippen LogP contribution in [-0.2, 0) is 6.61 Å². The van der Waals surface area contributed by atoms with Gasteiger partial charge < -0.3 is 14.4 Å². The van der Waals surface area contributed by atoms with Gasteiger partial charge in [-0.1, -0.05) is 0 Å². The summed E-state index contributed by atoms with van der Waals surface area (Å²) in [5.41, 5.74) is 1.47. The van der Waals surface area contributed by atoms with Crippen LogP contribution < -0.4 is 4.74 Å². The molecule has 0 unspecified atom stereocenters. The maximum Gasteiger partial charge on any atom is 0.130 e. The second kappa shape index (κ2) is 6.05. The van der Waals surface area contributed by atoms with Crippen molar-refractivity contribution in [1.29, 1.82) is 0 Å². The molecule has 1 aromatic carbocycles. The standard InChI is InChI=1S/C15H19FN2O2/c1-10(2)18-9-17-7-13(18)8-20-15-6-12(16)4-5-14(15)11(3)19/h4-7,9-11,19H,8H2,1-3H3/t11-/m1/s1. The summed E-state index contributed by atoms with van der Waals surface area (Å²) in [5, 5.41) is 9.68. The third kappa shape index (κ3) is 3.17. The zero-order valence-corrected chi connectivity index (χ0v) is 11.9. The van der Waals surface area contributed by atoms with E-state index in [9.17, 15) is 9.50 Å². The molecule has 0 spiro atoms. The Bertz CT molecular complexity index is 579. The lowest BCUT2D eigenvalue weighted by Gasteiger charge is -2.15. The van der Waals surface area contributed by atoms with E-state index in [1.54, 1.807) is 19.4 Å². The van der Waals surface area contributed by atoms with E-state index in [-0.39, 0.29) is 18.5 Å². The van der Waals surface area contributed by atoms with Crippen LogP contribution in [0.2, 0.25) is 0 Å². The molecule has 0 fully saturated rings. The van der Waals surface area contributed by atoms with Gasteiger partial charge >= 0.3 is 0 Å². The molecule has 0 aliphatic carbocycles. The predicted molar refractivity (Wildman–Crippen MR) is 74.0 cm³/mol. The number of halogens is 1. The molecule has 4 nitrogen and oxygen atoms in total. The Morgan fingerprint density at radius 3 is 2.75 bits per heavy atom. The number of hydrogen-bond acceptors (Lipinski definition) is 3. The van der Waals surface area contributed by atoms with E-state index in [1.807, 2.05) is 4.57 Å². The van der Waals surface area contributed by atoms with Gasteiger partial charge in [-0.15, -0.1) is 0 Å². The molecule has 108 valence electrons. The second-order valence-corrected chi connectivity index (χ2v) is 5.03. The maximum absolute atomic E-state index is 13.3. The summed E-state index contributed by atoms with van der Waals surface area (Å²) in [6.45, 7) is 6.00. The molecule has 5 heteroatoms. The molecule has 0 bridgehead atoms. The van der Waals surface area contributed by atoms with Crippen molar-refractivity contribution in [2.75, 3.05) is 0 Å². The minimum Gasteiger partial charge on any atom is -0.487 e. The summed E-state index contributed by atoms with van der Waals surface area (Å²) in [5.74, 6) is -0.0294. The van der Waals surface area contributed by atoms with E-state index in [2.05, 4.69) is 18.8 Å². The highest BCUT2D eigenvalue weighted by Crippen LogP contribution is 2.27. The Kier molecular flexibility index (Phi) is 4.39. The molecule has 1 heterocycles. The van der Waals surface area contributed by atoms with E-state index >= 15 is 0 Å². The topological polar surface area (TPSA) is 47.3 Å². The Balaban J connectivity index is 2.18. The van der Waals surface area contributed by atoms with Gasteiger partial charge in [-0.05, 0) is 32.9 Å². The Labute approximate surface area is 117 Å². The molecule has 2 rings (SSSR count). The van der Waals surface area contributed by atoms with Gasteiger partial charge in [-0.3, -0.25) is 0 Å². The molecule has 0 saturated carbocycles. The molecule has 2 aromatic rings. The summed E-state index contributed by atoms with van der Waals surface area (Å²) in [6, 6.07) is 4.42. The van der Waals surface area contributed by atoms with Gasteiger partial charge in [0.15, 0.2) is 0 Å². The number of aromatic nitrogens is 2. The zero-order valence-electron chi connectivity index (χ0n) is 11.9. The Hall–Kier alpha value is -1.88. The van der Waals surface area contributed by atoms with E-state index < -0.39 is 6.10 Å². The van der Waals surface area contributed by atoms with E-state index in [0.717, 1.165) is 5.69 Å². The highest BCUT2D eigenvalue weighted by atomic mass is 19.1. The normalized spacial score (nSPS) is 12.7. The van der Waals surface area contributed by atoms with Gasteiger partial charge in [0.2, 0.25) is 0 Å². The largest absolute Gasteiger partial charge is 0.487 e. The van der Waals surface area contributed by atoms with Gasteiger partial charge in [0.1, 0.15) is 18.2 Å². The average Bonchev–Trinajstić information content (AvgIpc) is 2.84. The number of rotatable bonds is 5. The average molecular weight is 278 g/mol. The first-order valence-corrected chi connectivity index (χ1v) is 6.60. The fraction of sp³-hybridized carbons (Fsp3) is 0.400. The molecule has 0 radical (unpaired) electrons. The lowest BCUT2D eigenvalue weighted by molar-refractivity contribution is 0.189. The zero-order chi connectivity index (χ0) is 14.7. The van der Waals surface area contributed by atoms with Gasteiger partial charge in [-0.2, -0.15) is 0 Å². The molecule has 1 N–H and O–H groups in total. The van der Waals surface area contributed by atoms with Crippen molar-refractivity contribution in [3.05, 3.63) is 47.8 Å². The van der Waals surface area contributed by atoms with Gasteiger partial charge in [0, 0.05) is 17.7 Å². The minimum atomic E-state index is -0.708. The quantitative estimate of drug-likeness (QED) is 0.913. The first-order valence-electron chi connectivity index (χ1n) is 6.60. The first kappa shape index (κ1) is 14.5. The van der Waals surface area contributed by atoms with E-state index in [1.165, 1.54) is 18.2 Å². The number of benzene rings is 1. The molecule has 0 aliphatic heterocycles. The molecule has 0 amide bonds. The van der Waals surface area contributed by atoms with Crippen LogP contribution >= 0.6 is 0 Å². The fourth-order valence-corrected chi connectivity index (χ4v) is 2.04. The van der Waals surface area contributed by atoms with Crippen molar-refractivity contribution in [1.82, 2.24) is 9.55 Å². The first-order chi connectivity index (χ1) is 9.49. The monoisotopic (exact) mass is 278 g/mol. The summed E-state index contributed by atoms with van der Waals surface area (Å²) in [7, 11) is 0. The molecular formula is C15H19FN2O2. The second-order valence-electron chi connectivity index (χ2n) is 5.03. The highest BCUT2D eigenvalue weighted by molar-refractivity contribution is 5.35. The summed E-state index contributed by atoms with van der Waals surface area (Å²) < 4.78 is 20.9. The molecule has 1 aromatic heterocycles. The predicted octanol–water partition coefficient (Wildman–Crippen LogP) is 3.24. The van der Waals surface area contributed by atoms with Crippen molar-refractivity contribution in [2.45, 2.75) is 39.5 Å². The number of aliphatic hydroxyl groups is 1. The molecular weight excluding hydrogens is 259 g/mol. The van der Waals surface area contributed by atoms with Crippen LogP contribution in [0.1, 0.15) is 44.2 Å². The van der Waals surface area contributed by atoms with Crippen LogP contribution in [-0.4, -0.2) is 14.7 Å². The van der Waals surface area contributed by atoms with Crippen molar-refractivity contribution in [3.63, 3.8) is 0 Å². The van der Waals surface area contributed by atoms with Crippen molar-refractivity contribution < 1.29 is 14.2 Å². The third-order valence-electron chi connectivity index (χ3n) is 3.10. The SMILES string of the molecule is CC(C)n1cncc1COc1cc(F)ccc1[C@@H](C)O. The van der Waals surface area contributed by atoms with Crippen LogP contribution in [0.5, 0.6) is 5.75 Å². The minimum absolute atomic E-state index is 0.278. The Morgan fingerprint density at radius 2 is 2.10 bits per heavy atom. The van der Waals surface area contributed by atoms with Crippen molar-refractivity contribution in [3.8, 4) is 5.75 Å². The van der Waals surface area contributed by atoms with Crippen molar-refractivity contribution >= 4 is 0 Å². The summed E-state index contributed by atoms with van der Waals surface area (Å²) >= 11 is 0. The molecule has 20 heavy (non-hydrogen) atoms. The Morgan fingerprint density at radius 1 is 1.35 bits per heavy atom. The van der Waals surface area contributed by atoms with Crippen molar-refractivity contribution in [2.24, 2.45) is 0 Å². The number of imidazole rings is 1. The number of ether oxygens (including phenoxy) is 1. The van der Waals surface area contributed by atoms with E-state index in [4.69, 9.17) is 4.74 Å².